The molecule has 0 amide bonds. The first-order valence-corrected chi connectivity index (χ1v) is 12.4. The van der Waals surface area contributed by atoms with Crippen LogP contribution in [0.1, 0.15) is 16.7 Å². The number of hydrogen-bond acceptors (Lipinski definition) is 6. The molecule has 6 nitrogen and oxygen atoms in total. The largest absolute Gasteiger partial charge is 0.492 e. The van der Waals surface area contributed by atoms with Crippen LogP contribution in [0.3, 0.4) is 0 Å². The number of ether oxygens (including phenoxy) is 1. The van der Waals surface area contributed by atoms with Crippen LogP contribution >= 0.6 is 11.6 Å². The highest BCUT2D eigenvalue weighted by Crippen LogP contribution is 2.36. The Labute approximate surface area is 195 Å². The number of benzene rings is 2. The Balaban J connectivity index is 1.60. The Bertz CT molecular complexity index is 1150. The molecule has 2 aromatic rings. The molecule has 1 aliphatic heterocycles. The topological polar surface area (TPSA) is 82.4 Å². The summed E-state index contributed by atoms with van der Waals surface area (Å²) in [5.41, 5.74) is 0.222. The third-order valence-corrected chi connectivity index (χ3v) is 6.62. The molecule has 1 heterocycles. The van der Waals surface area contributed by atoms with Gasteiger partial charge >= 0.3 is 6.18 Å². The molecule has 0 aromatic heterocycles. The molecular formula is C22H23ClF3N3O3S. The maximum Gasteiger partial charge on any atom is 0.417 e. The van der Waals surface area contributed by atoms with Gasteiger partial charge in [-0.25, -0.2) is 8.42 Å². The molecule has 1 atom stereocenters. The van der Waals surface area contributed by atoms with Crippen molar-refractivity contribution < 1.29 is 26.3 Å². The van der Waals surface area contributed by atoms with Crippen molar-refractivity contribution in [1.82, 2.24) is 10.2 Å². The average Bonchev–Trinajstić information content (AvgIpc) is 2.75. The molecule has 0 saturated carbocycles. The van der Waals surface area contributed by atoms with Crippen LogP contribution in [0.15, 0.2) is 41.3 Å². The van der Waals surface area contributed by atoms with Gasteiger partial charge in [-0.1, -0.05) is 11.6 Å². The number of nitrogens with one attached hydrogen (secondary N) is 1. The van der Waals surface area contributed by atoms with Crippen LogP contribution in [0.2, 0.25) is 5.02 Å². The Morgan fingerprint density at radius 1 is 1.27 bits per heavy atom. The van der Waals surface area contributed by atoms with Crippen molar-refractivity contribution in [3.05, 3.63) is 58.1 Å². The van der Waals surface area contributed by atoms with Crippen molar-refractivity contribution in [2.45, 2.75) is 23.5 Å². The number of piperazine rings is 1. The van der Waals surface area contributed by atoms with E-state index in [2.05, 4.69) is 16.3 Å². The standard InChI is InChI=1S/C22H23ClF3N3O3S/c1-33(30,31)21-3-2-19(11-20(21)22(24,25)26)32-14-18-13-29(7-5-28-18)6-4-15-8-16(12-27)10-17(23)9-15/h2-3,8-11,18,28H,4-7,13-14H2,1H3/t18-/m0/s1. The number of nitriles is 1. The molecule has 1 N–H and O–H groups in total. The number of alkyl halides is 3. The van der Waals surface area contributed by atoms with E-state index in [-0.39, 0.29) is 18.4 Å². The molecule has 1 aliphatic rings. The summed E-state index contributed by atoms with van der Waals surface area (Å²) in [6.45, 7) is 2.96. The van der Waals surface area contributed by atoms with Crippen LogP contribution in [0, 0.1) is 11.3 Å². The maximum atomic E-state index is 13.3. The van der Waals surface area contributed by atoms with Gasteiger partial charge in [0.25, 0.3) is 0 Å². The summed E-state index contributed by atoms with van der Waals surface area (Å²) in [4.78, 5) is 1.43. The van der Waals surface area contributed by atoms with Gasteiger partial charge in [0.05, 0.1) is 28.1 Å². The summed E-state index contributed by atoms with van der Waals surface area (Å²) in [7, 11) is -4.03. The van der Waals surface area contributed by atoms with Gasteiger partial charge in [0.1, 0.15) is 12.4 Å². The van der Waals surface area contributed by atoms with Crippen LogP contribution in [0.25, 0.3) is 0 Å². The Morgan fingerprint density at radius 3 is 2.70 bits per heavy atom. The van der Waals surface area contributed by atoms with Crippen LogP contribution in [-0.2, 0) is 22.4 Å². The van der Waals surface area contributed by atoms with E-state index in [9.17, 15) is 21.6 Å². The molecule has 11 heteroatoms. The second-order valence-corrected chi connectivity index (χ2v) is 10.3. The summed E-state index contributed by atoms with van der Waals surface area (Å²) < 4.78 is 69.0. The molecule has 1 saturated heterocycles. The highest BCUT2D eigenvalue weighted by Gasteiger charge is 2.36. The SMILES string of the molecule is CS(=O)(=O)c1ccc(OC[C@@H]2CN(CCc3cc(Cl)cc(C#N)c3)CCN2)cc1C(F)(F)F. The van der Waals surface area contributed by atoms with Crippen molar-refractivity contribution in [3.8, 4) is 11.8 Å². The van der Waals surface area contributed by atoms with Gasteiger partial charge in [-0.15, -0.1) is 0 Å². The second-order valence-electron chi connectivity index (χ2n) is 7.90. The number of nitrogens with zero attached hydrogens (tertiary/aromatic N) is 2. The van der Waals surface area contributed by atoms with Gasteiger partial charge in [0, 0.05) is 37.5 Å². The fraction of sp³-hybridized carbons (Fsp3) is 0.409. The van der Waals surface area contributed by atoms with E-state index >= 15 is 0 Å². The lowest BCUT2D eigenvalue weighted by molar-refractivity contribution is -0.140. The van der Waals surface area contributed by atoms with Gasteiger partial charge in [-0.05, 0) is 48.4 Å². The van der Waals surface area contributed by atoms with Crippen molar-refractivity contribution in [3.63, 3.8) is 0 Å². The lowest BCUT2D eigenvalue weighted by atomic mass is 10.1. The van der Waals surface area contributed by atoms with Gasteiger partial charge in [0.2, 0.25) is 0 Å². The predicted octanol–water partition coefficient (Wildman–Crippen LogP) is 3.53. The van der Waals surface area contributed by atoms with E-state index in [0.717, 1.165) is 37.0 Å². The van der Waals surface area contributed by atoms with E-state index in [0.29, 0.717) is 30.1 Å². The van der Waals surface area contributed by atoms with Crippen molar-refractivity contribution in [2.24, 2.45) is 0 Å². The van der Waals surface area contributed by atoms with Crippen LogP contribution in [0.4, 0.5) is 13.2 Å². The second kappa shape index (κ2) is 10.3. The third kappa shape index (κ3) is 7.08. The molecule has 0 unspecified atom stereocenters. The van der Waals surface area contributed by atoms with Crippen LogP contribution in [-0.4, -0.2) is 58.4 Å². The van der Waals surface area contributed by atoms with Crippen molar-refractivity contribution in [2.75, 3.05) is 39.0 Å². The minimum Gasteiger partial charge on any atom is -0.492 e. The molecule has 2 aromatic carbocycles. The molecule has 178 valence electrons. The van der Waals surface area contributed by atoms with Crippen molar-refractivity contribution >= 4 is 21.4 Å². The summed E-state index contributed by atoms with van der Waals surface area (Å²) >= 11 is 6.05. The van der Waals surface area contributed by atoms with Crippen molar-refractivity contribution in [1.29, 1.82) is 5.26 Å². The van der Waals surface area contributed by atoms with Gasteiger partial charge < -0.3 is 15.0 Å². The molecule has 0 spiro atoms. The zero-order chi connectivity index (χ0) is 24.2. The lowest BCUT2D eigenvalue weighted by Gasteiger charge is -2.33. The minimum absolute atomic E-state index is 0.0448. The smallest absolute Gasteiger partial charge is 0.417 e. The summed E-state index contributed by atoms with van der Waals surface area (Å²) in [6.07, 6.45) is -3.38. The number of sulfone groups is 1. The fourth-order valence-electron chi connectivity index (χ4n) is 3.70. The number of rotatable bonds is 7. The maximum absolute atomic E-state index is 13.3. The zero-order valence-electron chi connectivity index (χ0n) is 17.8. The molecule has 1 fully saturated rings. The van der Waals surface area contributed by atoms with Gasteiger partial charge in [0.15, 0.2) is 9.84 Å². The number of halogens is 4. The summed E-state index contributed by atoms with van der Waals surface area (Å²) in [6, 6.07) is 10.1. The van der Waals surface area contributed by atoms with E-state index in [1.807, 2.05) is 6.07 Å². The quantitative estimate of drug-likeness (QED) is 0.625. The molecule has 0 aliphatic carbocycles. The number of hydrogen-bond donors (Lipinski definition) is 1. The minimum atomic E-state index is -4.82. The van der Waals surface area contributed by atoms with Gasteiger partial charge in [-0.2, -0.15) is 18.4 Å². The highest BCUT2D eigenvalue weighted by atomic mass is 35.5. The molecule has 3 rings (SSSR count). The van der Waals surface area contributed by atoms with E-state index < -0.39 is 26.5 Å². The zero-order valence-corrected chi connectivity index (χ0v) is 19.4. The molecule has 0 radical (unpaired) electrons. The highest BCUT2D eigenvalue weighted by molar-refractivity contribution is 7.90. The Morgan fingerprint density at radius 2 is 2.03 bits per heavy atom. The molecular weight excluding hydrogens is 479 g/mol. The Hall–Kier alpha value is -2.32. The van der Waals surface area contributed by atoms with E-state index in [1.54, 1.807) is 12.1 Å². The Kier molecular flexibility index (Phi) is 7.90. The normalized spacial score (nSPS) is 17.5. The first kappa shape index (κ1) is 25.3. The third-order valence-electron chi connectivity index (χ3n) is 5.25. The summed E-state index contributed by atoms with van der Waals surface area (Å²) in [5.74, 6) is -0.0448. The molecule has 33 heavy (non-hydrogen) atoms. The van der Waals surface area contributed by atoms with Gasteiger partial charge in [-0.3, -0.25) is 0 Å². The first-order chi connectivity index (χ1) is 15.5. The van der Waals surface area contributed by atoms with E-state index in [1.165, 1.54) is 6.07 Å². The first-order valence-electron chi connectivity index (χ1n) is 10.1. The van der Waals surface area contributed by atoms with Crippen LogP contribution < -0.4 is 10.1 Å². The summed E-state index contributed by atoms with van der Waals surface area (Å²) in [5, 5.41) is 12.9. The predicted molar refractivity (Wildman–Crippen MR) is 118 cm³/mol. The van der Waals surface area contributed by atoms with Crippen LogP contribution in [0.5, 0.6) is 5.75 Å². The average molecular weight is 502 g/mol. The fourth-order valence-corrected chi connectivity index (χ4v) is 4.84. The van der Waals surface area contributed by atoms with E-state index in [4.69, 9.17) is 21.6 Å². The molecule has 0 bridgehead atoms. The lowest BCUT2D eigenvalue weighted by Crippen LogP contribution is -2.53. The monoisotopic (exact) mass is 501 g/mol.